The quantitative estimate of drug-likeness (QED) is 0.788. The molecule has 20 heavy (non-hydrogen) atoms. The maximum atomic E-state index is 12.8. The first-order valence-corrected chi connectivity index (χ1v) is 8.07. The predicted octanol–water partition coefficient (Wildman–Crippen LogP) is 2.51. The molecule has 0 radical (unpaired) electrons. The summed E-state index contributed by atoms with van der Waals surface area (Å²) in [6, 6.07) is 0.396. The highest BCUT2D eigenvalue weighted by molar-refractivity contribution is 9.09. The number of hydrogen-bond acceptors (Lipinski definition) is 3. The number of carbonyl (C=O) groups excluding carboxylic acids is 1. The summed E-state index contributed by atoms with van der Waals surface area (Å²) in [6.07, 6.45) is 11.2. The lowest BCUT2D eigenvalue weighted by Gasteiger charge is -2.37. The van der Waals surface area contributed by atoms with Crippen LogP contribution in [0.3, 0.4) is 0 Å². The van der Waals surface area contributed by atoms with Crippen LogP contribution in [-0.2, 0) is 0 Å². The molecule has 0 atom stereocenters. The van der Waals surface area contributed by atoms with Crippen LogP contribution in [0.1, 0.15) is 36.0 Å². The van der Waals surface area contributed by atoms with Gasteiger partial charge in [-0.25, -0.2) is 4.52 Å². The van der Waals surface area contributed by atoms with Gasteiger partial charge < -0.3 is 4.90 Å². The lowest BCUT2D eigenvalue weighted by Crippen LogP contribution is -2.44. The molecular formula is C14H17BrN4O. The average molecular weight is 337 g/mol. The highest BCUT2D eigenvalue weighted by Crippen LogP contribution is 2.27. The molecule has 1 amide bonds. The molecule has 1 aliphatic rings. The second kappa shape index (κ2) is 5.91. The fourth-order valence-electron chi connectivity index (χ4n) is 2.53. The minimum absolute atomic E-state index is 0.0821. The van der Waals surface area contributed by atoms with E-state index in [1.54, 1.807) is 29.3 Å². The molecule has 6 heteroatoms. The molecule has 0 bridgehead atoms. The van der Waals surface area contributed by atoms with Crippen molar-refractivity contribution in [2.45, 2.75) is 31.7 Å². The second-order valence-electron chi connectivity index (χ2n) is 5.09. The molecule has 0 N–H and O–H groups in total. The smallest absolute Gasteiger partial charge is 0.257 e. The van der Waals surface area contributed by atoms with Crippen LogP contribution >= 0.6 is 15.9 Å². The van der Waals surface area contributed by atoms with E-state index in [9.17, 15) is 4.79 Å². The van der Waals surface area contributed by atoms with Crippen LogP contribution in [0.5, 0.6) is 0 Å². The van der Waals surface area contributed by atoms with Gasteiger partial charge >= 0.3 is 0 Å². The van der Waals surface area contributed by atoms with Crippen molar-refractivity contribution in [3.05, 3.63) is 30.4 Å². The minimum Gasteiger partial charge on any atom is -0.336 e. The molecule has 5 nitrogen and oxygen atoms in total. The Morgan fingerprint density at radius 2 is 2.30 bits per heavy atom. The molecule has 0 aromatic carbocycles. The van der Waals surface area contributed by atoms with Gasteiger partial charge in [0.1, 0.15) is 0 Å². The highest BCUT2D eigenvalue weighted by Gasteiger charge is 2.30. The zero-order valence-electron chi connectivity index (χ0n) is 11.2. The summed E-state index contributed by atoms with van der Waals surface area (Å²) in [5.74, 6) is 0.0821. The van der Waals surface area contributed by atoms with Crippen LogP contribution in [0, 0.1) is 0 Å². The van der Waals surface area contributed by atoms with Crippen molar-refractivity contribution in [1.29, 1.82) is 0 Å². The number of rotatable bonds is 5. The molecule has 0 saturated heterocycles. The largest absolute Gasteiger partial charge is 0.336 e. The molecule has 2 heterocycles. The van der Waals surface area contributed by atoms with Gasteiger partial charge in [0.2, 0.25) is 0 Å². The maximum Gasteiger partial charge on any atom is 0.257 e. The summed E-state index contributed by atoms with van der Waals surface area (Å²) in [5, 5.41) is 5.14. The van der Waals surface area contributed by atoms with E-state index in [4.69, 9.17) is 0 Å². The summed E-state index contributed by atoms with van der Waals surface area (Å²) in [4.78, 5) is 18.9. The SMILES string of the molecule is O=C(c1cnn2ccncc12)N(CCCBr)C1CCC1. The van der Waals surface area contributed by atoms with Crippen LogP contribution in [0.25, 0.3) is 5.52 Å². The maximum absolute atomic E-state index is 12.8. The Kier molecular flexibility index (Phi) is 4.00. The second-order valence-corrected chi connectivity index (χ2v) is 5.88. The van der Waals surface area contributed by atoms with E-state index in [2.05, 4.69) is 26.0 Å². The average Bonchev–Trinajstić information content (AvgIpc) is 2.84. The molecule has 0 aliphatic heterocycles. The number of alkyl halides is 1. The van der Waals surface area contributed by atoms with E-state index in [1.165, 1.54) is 6.42 Å². The van der Waals surface area contributed by atoms with E-state index in [1.807, 2.05) is 4.90 Å². The predicted molar refractivity (Wildman–Crippen MR) is 80.1 cm³/mol. The van der Waals surface area contributed by atoms with Gasteiger partial charge in [-0.05, 0) is 25.7 Å². The van der Waals surface area contributed by atoms with Gasteiger partial charge in [-0.2, -0.15) is 5.10 Å². The number of fused-ring (bicyclic) bond motifs is 1. The van der Waals surface area contributed by atoms with Crippen molar-refractivity contribution in [2.24, 2.45) is 0 Å². The zero-order chi connectivity index (χ0) is 13.9. The third kappa shape index (κ3) is 2.44. The summed E-state index contributed by atoms with van der Waals surface area (Å²) in [6.45, 7) is 0.798. The number of carbonyl (C=O) groups is 1. The van der Waals surface area contributed by atoms with Crippen LogP contribution in [0.2, 0.25) is 0 Å². The Hall–Kier alpha value is -1.43. The van der Waals surface area contributed by atoms with E-state index < -0.39 is 0 Å². The van der Waals surface area contributed by atoms with Crippen LogP contribution in [0.15, 0.2) is 24.8 Å². The summed E-state index contributed by atoms with van der Waals surface area (Å²) >= 11 is 3.44. The fraction of sp³-hybridized carbons (Fsp3) is 0.500. The van der Waals surface area contributed by atoms with Gasteiger partial charge in [0.05, 0.1) is 23.5 Å². The Morgan fingerprint density at radius 1 is 1.45 bits per heavy atom. The summed E-state index contributed by atoms with van der Waals surface area (Å²) < 4.78 is 1.70. The van der Waals surface area contributed by atoms with Gasteiger partial charge in [-0.15, -0.1) is 0 Å². The molecule has 106 valence electrons. The number of aromatic nitrogens is 3. The Morgan fingerprint density at radius 3 is 3.00 bits per heavy atom. The fourth-order valence-corrected chi connectivity index (χ4v) is 2.78. The third-order valence-electron chi connectivity index (χ3n) is 3.86. The standard InChI is InChI=1S/C14H17BrN4O/c15-5-2-7-18(11-3-1-4-11)14(20)12-9-17-19-8-6-16-10-13(12)19/h6,8-11H,1-5,7H2. The normalized spacial score (nSPS) is 15.2. The van der Waals surface area contributed by atoms with Crippen molar-refractivity contribution >= 4 is 27.4 Å². The Balaban J connectivity index is 1.88. The van der Waals surface area contributed by atoms with Crippen molar-refractivity contribution in [2.75, 3.05) is 11.9 Å². The van der Waals surface area contributed by atoms with E-state index in [0.717, 1.165) is 36.7 Å². The highest BCUT2D eigenvalue weighted by atomic mass is 79.9. The minimum atomic E-state index is 0.0821. The first-order valence-electron chi connectivity index (χ1n) is 6.95. The summed E-state index contributed by atoms with van der Waals surface area (Å²) in [5.41, 5.74) is 1.43. The molecule has 2 aromatic rings. The number of nitrogens with zero attached hydrogens (tertiary/aromatic N) is 4. The van der Waals surface area contributed by atoms with Crippen molar-refractivity contribution in [3.63, 3.8) is 0 Å². The Bertz CT molecular complexity index is 608. The molecule has 2 aromatic heterocycles. The van der Waals surface area contributed by atoms with E-state index in [-0.39, 0.29) is 5.91 Å². The molecule has 1 aliphatic carbocycles. The lowest BCUT2D eigenvalue weighted by atomic mass is 9.91. The van der Waals surface area contributed by atoms with Gasteiger partial charge in [-0.3, -0.25) is 9.78 Å². The Labute approximate surface area is 126 Å². The first kappa shape index (κ1) is 13.5. The summed E-state index contributed by atoms with van der Waals surface area (Å²) in [7, 11) is 0. The molecule has 1 fully saturated rings. The number of amides is 1. The van der Waals surface area contributed by atoms with Crippen molar-refractivity contribution in [1.82, 2.24) is 19.5 Å². The first-order chi connectivity index (χ1) is 9.81. The topological polar surface area (TPSA) is 50.5 Å². The van der Waals surface area contributed by atoms with Crippen LogP contribution in [-0.4, -0.2) is 43.3 Å². The molecular weight excluding hydrogens is 320 g/mol. The van der Waals surface area contributed by atoms with Crippen molar-refractivity contribution in [3.8, 4) is 0 Å². The molecule has 1 saturated carbocycles. The van der Waals surface area contributed by atoms with E-state index in [0.29, 0.717) is 11.6 Å². The van der Waals surface area contributed by atoms with Gasteiger partial charge in [0, 0.05) is 30.3 Å². The lowest BCUT2D eigenvalue weighted by molar-refractivity contribution is 0.0583. The third-order valence-corrected chi connectivity index (χ3v) is 4.42. The van der Waals surface area contributed by atoms with Crippen molar-refractivity contribution < 1.29 is 4.79 Å². The molecule has 0 unspecified atom stereocenters. The van der Waals surface area contributed by atoms with Gasteiger partial charge in [0.15, 0.2) is 0 Å². The van der Waals surface area contributed by atoms with Crippen LogP contribution < -0.4 is 0 Å². The molecule has 0 spiro atoms. The van der Waals surface area contributed by atoms with Gasteiger partial charge in [-0.1, -0.05) is 15.9 Å². The monoisotopic (exact) mass is 336 g/mol. The number of halogens is 1. The zero-order valence-corrected chi connectivity index (χ0v) is 12.8. The van der Waals surface area contributed by atoms with Gasteiger partial charge in [0.25, 0.3) is 5.91 Å². The number of hydrogen-bond donors (Lipinski definition) is 0. The molecule has 3 rings (SSSR count). The van der Waals surface area contributed by atoms with Crippen LogP contribution in [0.4, 0.5) is 0 Å². The van der Waals surface area contributed by atoms with E-state index >= 15 is 0 Å².